The molecule has 1 aromatic carbocycles. The van der Waals surface area contributed by atoms with E-state index in [9.17, 15) is 22.8 Å². The Morgan fingerprint density at radius 2 is 2.00 bits per heavy atom. The van der Waals surface area contributed by atoms with Crippen LogP contribution in [0.1, 0.15) is 0 Å². The van der Waals surface area contributed by atoms with Gasteiger partial charge in [-0.15, -0.1) is 0 Å². The summed E-state index contributed by atoms with van der Waals surface area (Å²) >= 11 is 0.783. The van der Waals surface area contributed by atoms with Crippen molar-refractivity contribution >= 4 is 29.3 Å². The quantitative estimate of drug-likeness (QED) is 0.768. The van der Waals surface area contributed by atoms with Crippen molar-refractivity contribution in [2.45, 2.75) is 22.5 Å². The van der Waals surface area contributed by atoms with Crippen LogP contribution in [0.4, 0.5) is 18.9 Å². The van der Waals surface area contributed by atoms with Gasteiger partial charge in [0.05, 0.1) is 5.69 Å². The van der Waals surface area contributed by atoms with Crippen molar-refractivity contribution in [2.24, 2.45) is 5.73 Å². The molecule has 3 N–H and O–H groups in total. The normalized spacial score (nSPS) is 22.5. The first-order valence-corrected chi connectivity index (χ1v) is 6.27. The molecule has 1 aliphatic heterocycles. The average Bonchev–Trinajstić information content (AvgIpc) is 2.48. The second-order valence-corrected chi connectivity index (χ2v) is 5.04. The monoisotopic (exact) mass is 306 g/mol. The second-order valence-electron chi connectivity index (χ2n) is 3.90. The van der Waals surface area contributed by atoms with Crippen molar-refractivity contribution in [1.82, 2.24) is 0 Å². The first kappa shape index (κ1) is 14.7. The van der Waals surface area contributed by atoms with E-state index < -0.39 is 29.5 Å². The highest BCUT2D eigenvalue weighted by Gasteiger charge is 2.44. The summed E-state index contributed by atoms with van der Waals surface area (Å²) in [5.41, 5.74) is 4.47. The second kappa shape index (κ2) is 5.33. The topological polar surface area (TPSA) is 81.4 Å². The molecule has 1 unspecified atom stereocenters. The number of benzene rings is 1. The number of fused-ring (bicyclic) bond motifs is 1. The molecule has 2 atom stereocenters. The van der Waals surface area contributed by atoms with Gasteiger partial charge in [-0.25, -0.2) is 4.79 Å². The van der Waals surface area contributed by atoms with Crippen LogP contribution in [0.15, 0.2) is 29.2 Å². The minimum absolute atomic E-state index is 0.406. The first-order valence-electron chi connectivity index (χ1n) is 5.39. The van der Waals surface area contributed by atoms with Crippen molar-refractivity contribution in [3.05, 3.63) is 24.3 Å². The Morgan fingerprint density at radius 3 is 2.65 bits per heavy atom. The third-order valence-corrected chi connectivity index (χ3v) is 3.67. The Kier molecular flexibility index (Phi) is 3.91. The van der Waals surface area contributed by atoms with Crippen molar-refractivity contribution in [3.8, 4) is 0 Å². The van der Waals surface area contributed by atoms with Crippen molar-refractivity contribution in [3.63, 3.8) is 0 Å². The number of rotatable bonds is 1. The molecule has 1 aromatic rings. The fourth-order valence-corrected chi connectivity index (χ4v) is 2.54. The lowest BCUT2D eigenvalue weighted by Gasteiger charge is -2.20. The number of nitrogens with two attached hydrogens (primary N) is 1. The van der Waals surface area contributed by atoms with Crippen LogP contribution in [-0.2, 0) is 14.3 Å². The maximum absolute atomic E-state index is 12.2. The highest BCUT2D eigenvalue weighted by Crippen LogP contribution is 2.36. The zero-order chi connectivity index (χ0) is 14.9. The largest absolute Gasteiger partial charge is 0.490 e. The summed E-state index contributed by atoms with van der Waals surface area (Å²) in [5.74, 6) is -3.10. The molecule has 0 fully saturated rings. The van der Waals surface area contributed by atoms with Crippen molar-refractivity contribution in [1.29, 1.82) is 0 Å². The third kappa shape index (κ3) is 3.05. The number of anilines is 1. The molecule has 108 valence electrons. The maximum Gasteiger partial charge on any atom is 0.490 e. The molecule has 0 aromatic heterocycles. The predicted molar refractivity (Wildman–Crippen MR) is 64.8 cm³/mol. The summed E-state index contributed by atoms with van der Waals surface area (Å²) in [4.78, 5) is 23.0. The Bertz CT molecular complexity index is 550. The van der Waals surface area contributed by atoms with E-state index in [-0.39, 0.29) is 0 Å². The number of ether oxygens (including phenoxy) is 1. The van der Waals surface area contributed by atoms with Gasteiger partial charge in [-0.3, -0.25) is 4.79 Å². The Hall–Kier alpha value is -1.74. The lowest BCUT2D eigenvalue weighted by atomic mass is 10.2. The van der Waals surface area contributed by atoms with Crippen LogP contribution in [-0.4, -0.2) is 29.5 Å². The number of hydrogen-bond donors (Lipinski definition) is 2. The van der Waals surface area contributed by atoms with E-state index >= 15 is 0 Å². The number of amides is 1. The molecule has 20 heavy (non-hydrogen) atoms. The number of esters is 1. The number of thioether (sulfide) groups is 1. The first-order chi connectivity index (χ1) is 9.29. The van der Waals surface area contributed by atoms with Crippen LogP contribution in [0.25, 0.3) is 0 Å². The molecule has 0 aliphatic carbocycles. The summed E-state index contributed by atoms with van der Waals surface area (Å²) in [5, 5.41) is 2.46. The smallest absolute Gasteiger partial charge is 0.442 e. The van der Waals surface area contributed by atoms with Gasteiger partial charge < -0.3 is 15.8 Å². The average molecular weight is 306 g/mol. The molecule has 0 radical (unpaired) electrons. The molecule has 1 heterocycles. The fourth-order valence-electron chi connectivity index (χ4n) is 1.48. The summed E-state index contributed by atoms with van der Waals surface area (Å²) in [6.45, 7) is 0. The molecule has 9 heteroatoms. The Morgan fingerprint density at radius 1 is 1.35 bits per heavy atom. The molecular formula is C11H9F3N2O3S. The van der Waals surface area contributed by atoms with Crippen LogP contribution < -0.4 is 11.1 Å². The highest BCUT2D eigenvalue weighted by molar-refractivity contribution is 8.00. The number of nitrogens with one attached hydrogen (secondary N) is 1. The third-order valence-electron chi connectivity index (χ3n) is 2.44. The van der Waals surface area contributed by atoms with Gasteiger partial charge >= 0.3 is 12.1 Å². The van der Waals surface area contributed by atoms with Gasteiger partial charge in [0.1, 0.15) is 6.04 Å². The summed E-state index contributed by atoms with van der Waals surface area (Å²) < 4.78 is 40.9. The lowest BCUT2D eigenvalue weighted by molar-refractivity contribution is -0.201. The van der Waals surface area contributed by atoms with E-state index in [0.717, 1.165) is 11.8 Å². The van der Waals surface area contributed by atoms with Gasteiger partial charge in [0, 0.05) is 4.90 Å². The van der Waals surface area contributed by atoms with Crippen LogP contribution in [0.2, 0.25) is 0 Å². The van der Waals surface area contributed by atoms with Gasteiger partial charge in [-0.2, -0.15) is 13.2 Å². The van der Waals surface area contributed by atoms with E-state index in [1.165, 1.54) is 0 Å². The number of para-hydroxylation sites is 1. The Labute approximate surface area is 115 Å². The van der Waals surface area contributed by atoms with E-state index in [1.807, 2.05) is 0 Å². The molecule has 0 saturated heterocycles. The fraction of sp³-hybridized carbons (Fsp3) is 0.273. The zero-order valence-electron chi connectivity index (χ0n) is 9.81. The number of halogens is 3. The van der Waals surface area contributed by atoms with Gasteiger partial charge in [0.2, 0.25) is 5.91 Å². The standard InChI is InChI=1S/C11H9F3N2O3S/c12-11(13,14)10(18)19-9-7(15)8(17)16-5-3-1-2-4-6(5)20-9/h1-4,7,9H,15H2,(H,16,17)/t7-,9?/m0/s1. The van der Waals surface area contributed by atoms with Crippen molar-refractivity contribution < 1.29 is 27.5 Å². The van der Waals surface area contributed by atoms with Gasteiger partial charge in [0.25, 0.3) is 0 Å². The lowest BCUT2D eigenvalue weighted by Crippen LogP contribution is -2.46. The predicted octanol–water partition coefficient (Wildman–Crippen LogP) is 1.49. The molecule has 0 spiro atoms. The molecule has 0 saturated carbocycles. The van der Waals surface area contributed by atoms with E-state index in [4.69, 9.17) is 5.73 Å². The molecular weight excluding hydrogens is 297 g/mol. The number of alkyl halides is 3. The summed E-state index contributed by atoms with van der Waals surface area (Å²) in [6, 6.07) is 5.02. The maximum atomic E-state index is 12.2. The van der Waals surface area contributed by atoms with Crippen LogP contribution in [0, 0.1) is 0 Å². The zero-order valence-corrected chi connectivity index (χ0v) is 10.6. The van der Waals surface area contributed by atoms with Crippen LogP contribution in [0.5, 0.6) is 0 Å². The van der Waals surface area contributed by atoms with Crippen LogP contribution >= 0.6 is 11.8 Å². The number of carbonyl (C=O) groups is 2. The summed E-state index contributed by atoms with van der Waals surface area (Å²) in [7, 11) is 0. The van der Waals surface area contributed by atoms with Gasteiger partial charge in [-0.1, -0.05) is 23.9 Å². The highest BCUT2D eigenvalue weighted by atomic mass is 32.2. The molecule has 0 bridgehead atoms. The van der Waals surface area contributed by atoms with Crippen molar-refractivity contribution in [2.75, 3.05) is 5.32 Å². The van der Waals surface area contributed by atoms with Crippen LogP contribution in [0.3, 0.4) is 0 Å². The molecule has 5 nitrogen and oxygen atoms in total. The van der Waals surface area contributed by atoms with Gasteiger partial charge in [-0.05, 0) is 12.1 Å². The minimum Gasteiger partial charge on any atom is -0.442 e. The summed E-state index contributed by atoms with van der Waals surface area (Å²) in [6.07, 6.45) is -5.14. The molecule has 1 amide bonds. The van der Waals surface area contributed by atoms with E-state index in [1.54, 1.807) is 24.3 Å². The SMILES string of the molecule is N[C@H]1C(=O)Nc2ccccc2SC1OC(=O)C(F)(F)F. The number of hydrogen-bond acceptors (Lipinski definition) is 5. The van der Waals surface area contributed by atoms with Gasteiger partial charge in [0.15, 0.2) is 5.44 Å². The Balaban J connectivity index is 2.25. The minimum atomic E-state index is -5.14. The molecule has 1 aliphatic rings. The van der Waals surface area contributed by atoms with E-state index in [2.05, 4.69) is 10.1 Å². The molecule has 2 rings (SSSR count). The number of carbonyl (C=O) groups excluding carboxylic acids is 2. The van der Waals surface area contributed by atoms with E-state index in [0.29, 0.717) is 10.6 Å².